The van der Waals surface area contributed by atoms with Gasteiger partial charge in [-0.1, -0.05) is 6.07 Å². The van der Waals surface area contributed by atoms with E-state index in [1.165, 1.54) is 0 Å². The van der Waals surface area contributed by atoms with Gasteiger partial charge in [0.15, 0.2) is 0 Å². The predicted molar refractivity (Wildman–Crippen MR) is 80.9 cm³/mol. The van der Waals surface area contributed by atoms with E-state index in [0.29, 0.717) is 13.0 Å². The summed E-state index contributed by atoms with van der Waals surface area (Å²) in [6.07, 6.45) is 2.31. The molecular formula is C14H16N2O2S2. The summed E-state index contributed by atoms with van der Waals surface area (Å²) in [6.45, 7) is 0.733. The zero-order valence-electron chi connectivity index (χ0n) is 11.0. The number of aliphatic hydroxyl groups is 1. The molecule has 6 heteroatoms. The highest BCUT2D eigenvalue weighted by Gasteiger charge is 2.42. The van der Waals surface area contributed by atoms with Gasteiger partial charge in [0.2, 0.25) is 5.91 Å². The Balaban J connectivity index is 1.54. The van der Waals surface area contributed by atoms with Gasteiger partial charge in [0.05, 0.1) is 23.6 Å². The zero-order chi connectivity index (χ0) is 14.0. The van der Waals surface area contributed by atoms with Crippen molar-refractivity contribution in [2.75, 3.05) is 13.2 Å². The molecule has 2 aromatic rings. The summed E-state index contributed by atoms with van der Waals surface area (Å²) in [5.74, 6) is -0.0206. The van der Waals surface area contributed by atoms with Crippen LogP contribution in [0.25, 0.3) is 9.88 Å². The number of nitrogens with one attached hydrogen (secondary N) is 1. The van der Waals surface area contributed by atoms with Gasteiger partial charge in [0, 0.05) is 17.3 Å². The van der Waals surface area contributed by atoms with Crippen molar-refractivity contribution in [2.45, 2.75) is 19.3 Å². The number of carbonyl (C=O) groups is 1. The lowest BCUT2D eigenvalue weighted by molar-refractivity contribution is -0.120. The fraction of sp³-hybridized carbons (Fsp3) is 0.429. The molecular weight excluding hydrogens is 292 g/mol. The molecule has 0 spiro atoms. The van der Waals surface area contributed by atoms with Gasteiger partial charge in [-0.05, 0) is 24.3 Å². The molecule has 0 saturated heterocycles. The lowest BCUT2D eigenvalue weighted by Crippen LogP contribution is -2.32. The van der Waals surface area contributed by atoms with Crippen molar-refractivity contribution in [3.05, 3.63) is 28.6 Å². The number of rotatable bonds is 6. The van der Waals surface area contributed by atoms with Crippen LogP contribution in [-0.4, -0.2) is 29.1 Å². The molecule has 2 heterocycles. The van der Waals surface area contributed by atoms with Crippen LogP contribution >= 0.6 is 22.7 Å². The van der Waals surface area contributed by atoms with Crippen LogP contribution in [0.15, 0.2) is 22.9 Å². The third-order valence-corrected chi connectivity index (χ3v) is 5.51. The number of carbonyl (C=O) groups excluding carboxylic acids is 1. The minimum Gasteiger partial charge on any atom is -0.396 e. The first-order valence-electron chi connectivity index (χ1n) is 6.57. The average molecular weight is 308 g/mol. The summed E-state index contributed by atoms with van der Waals surface area (Å²) in [5.41, 5.74) is 0.768. The van der Waals surface area contributed by atoms with Crippen molar-refractivity contribution in [1.29, 1.82) is 0 Å². The molecule has 0 atom stereocenters. The molecule has 0 aliphatic heterocycles. The summed E-state index contributed by atoms with van der Waals surface area (Å²) in [6, 6.07) is 4.03. The van der Waals surface area contributed by atoms with E-state index in [1.54, 1.807) is 22.7 Å². The average Bonchev–Trinajstić information content (AvgIpc) is 2.86. The third-order valence-electron chi connectivity index (χ3n) is 3.58. The van der Waals surface area contributed by atoms with E-state index in [9.17, 15) is 9.90 Å². The molecule has 3 rings (SSSR count). The second-order valence-electron chi connectivity index (χ2n) is 5.23. The highest BCUT2D eigenvalue weighted by Crippen LogP contribution is 2.44. The highest BCUT2D eigenvalue weighted by molar-refractivity contribution is 7.20. The summed E-state index contributed by atoms with van der Waals surface area (Å²) >= 11 is 3.22. The number of thiazole rings is 1. The lowest BCUT2D eigenvalue weighted by Gasteiger charge is -2.12. The molecule has 2 aromatic heterocycles. The Kier molecular flexibility index (Phi) is 3.87. The van der Waals surface area contributed by atoms with E-state index in [1.807, 2.05) is 22.9 Å². The first-order chi connectivity index (χ1) is 9.71. The quantitative estimate of drug-likeness (QED) is 0.861. The van der Waals surface area contributed by atoms with Crippen LogP contribution in [0.2, 0.25) is 0 Å². The minimum absolute atomic E-state index is 0.0206. The number of amides is 1. The van der Waals surface area contributed by atoms with Crippen molar-refractivity contribution >= 4 is 28.6 Å². The number of hydrogen-bond donors (Lipinski definition) is 2. The Morgan fingerprint density at radius 3 is 2.95 bits per heavy atom. The number of aromatic nitrogens is 1. The van der Waals surface area contributed by atoms with Crippen LogP contribution in [0, 0.1) is 5.41 Å². The molecule has 1 aliphatic carbocycles. The lowest BCUT2D eigenvalue weighted by atomic mass is 10.1. The maximum atomic E-state index is 11.9. The summed E-state index contributed by atoms with van der Waals surface area (Å²) in [7, 11) is 0. The van der Waals surface area contributed by atoms with Crippen LogP contribution in [0.1, 0.15) is 18.5 Å². The Morgan fingerprint density at radius 2 is 2.30 bits per heavy atom. The molecule has 20 heavy (non-hydrogen) atoms. The van der Waals surface area contributed by atoms with Crippen LogP contribution in [-0.2, 0) is 11.2 Å². The van der Waals surface area contributed by atoms with Gasteiger partial charge >= 0.3 is 0 Å². The monoisotopic (exact) mass is 308 g/mol. The molecule has 0 aromatic carbocycles. The topological polar surface area (TPSA) is 62.2 Å². The summed E-state index contributed by atoms with van der Waals surface area (Å²) in [5, 5.41) is 17.0. The molecule has 1 amide bonds. The summed E-state index contributed by atoms with van der Waals surface area (Å²) in [4.78, 5) is 17.5. The molecule has 1 fully saturated rings. The highest BCUT2D eigenvalue weighted by atomic mass is 32.1. The molecule has 0 radical (unpaired) electrons. The van der Waals surface area contributed by atoms with Crippen molar-refractivity contribution in [3.8, 4) is 9.88 Å². The molecule has 1 saturated carbocycles. The normalized spacial score (nSPS) is 16.1. The van der Waals surface area contributed by atoms with E-state index in [0.717, 1.165) is 28.4 Å². The van der Waals surface area contributed by atoms with Gasteiger partial charge in [-0.15, -0.1) is 22.7 Å². The smallest absolute Gasteiger partial charge is 0.226 e. The number of thiophene rings is 1. The Hall–Kier alpha value is -1.24. The SMILES string of the molecule is O=C(Cc1csc(-c2cccs2)n1)NCC1(CO)CC1. The second-order valence-corrected chi connectivity index (χ2v) is 7.04. The van der Waals surface area contributed by atoms with Crippen LogP contribution in [0.4, 0.5) is 0 Å². The zero-order valence-corrected chi connectivity index (χ0v) is 12.6. The van der Waals surface area contributed by atoms with E-state index >= 15 is 0 Å². The van der Waals surface area contributed by atoms with Crippen molar-refractivity contribution in [2.24, 2.45) is 5.41 Å². The van der Waals surface area contributed by atoms with Crippen LogP contribution in [0.3, 0.4) is 0 Å². The molecule has 2 N–H and O–H groups in total. The first-order valence-corrected chi connectivity index (χ1v) is 8.33. The number of hydrogen-bond acceptors (Lipinski definition) is 5. The third kappa shape index (κ3) is 3.08. The molecule has 0 unspecified atom stereocenters. The Labute approximate surface area is 125 Å². The Bertz CT molecular complexity index is 588. The first kappa shape index (κ1) is 13.7. The van der Waals surface area contributed by atoms with Crippen LogP contribution in [0.5, 0.6) is 0 Å². The number of nitrogens with zero attached hydrogens (tertiary/aromatic N) is 1. The maximum absolute atomic E-state index is 11.9. The van der Waals surface area contributed by atoms with Gasteiger partial charge < -0.3 is 10.4 Å². The molecule has 4 nitrogen and oxygen atoms in total. The van der Waals surface area contributed by atoms with Gasteiger partial charge in [0.1, 0.15) is 5.01 Å². The fourth-order valence-corrected chi connectivity index (χ4v) is 3.62. The van der Waals surface area contributed by atoms with Crippen LogP contribution < -0.4 is 5.32 Å². The van der Waals surface area contributed by atoms with Gasteiger partial charge in [-0.2, -0.15) is 0 Å². The van der Waals surface area contributed by atoms with Gasteiger partial charge in [-0.3, -0.25) is 4.79 Å². The summed E-state index contributed by atoms with van der Waals surface area (Å²) < 4.78 is 0. The van der Waals surface area contributed by atoms with E-state index in [-0.39, 0.29) is 17.9 Å². The van der Waals surface area contributed by atoms with E-state index < -0.39 is 0 Å². The van der Waals surface area contributed by atoms with Crippen molar-refractivity contribution in [1.82, 2.24) is 10.3 Å². The largest absolute Gasteiger partial charge is 0.396 e. The predicted octanol–water partition coefficient (Wildman–Crippen LogP) is 2.30. The van der Waals surface area contributed by atoms with Crippen molar-refractivity contribution < 1.29 is 9.90 Å². The minimum atomic E-state index is -0.0418. The van der Waals surface area contributed by atoms with Crippen molar-refractivity contribution in [3.63, 3.8) is 0 Å². The maximum Gasteiger partial charge on any atom is 0.226 e. The molecule has 1 aliphatic rings. The molecule has 106 valence electrons. The van der Waals surface area contributed by atoms with Gasteiger partial charge in [0.25, 0.3) is 0 Å². The van der Waals surface area contributed by atoms with E-state index in [4.69, 9.17) is 0 Å². The molecule has 0 bridgehead atoms. The van der Waals surface area contributed by atoms with Gasteiger partial charge in [-0.25, -0.2) is 4.98 Å². The fourth-order valence-electron chi connectivity index (χ4n) is 1.98. The number of aliphatic hydroxyl groups excluding tert-OH is 1. The Morgan fingerprint density at radius 1 is 1.45 bits per heavy atom. The van der Waals surface area contributed by atoms with E-state index in [2.05, 4.69) is 10.3 Å². The standard InChI is InChI=1S/C14H16N2O2S2/c17-9-14(3-4-14)8-15-12(18)6-10-7-20-13(16-10)11-2-1-5-19-11/h1-2,5,7,17H,3-4,6,8-9H2,(H,15,18). The second kappa shape index (κ2) is 5.63.